The smallest absolute Gasteiger partial charge is 0.480 e. The van der Waals surface area contributed by atoms with Crippen molar-refractivity contribution >= 4 is 38.9 Å². The van der Waals surface area contributed by atoms with Crippen molar-refractivity contribution in [2.24, 2.45) is 0 Å². The zero-order chi connectivity index (χ0) is 31.3. The number of imidazole rings is 2. The summed E-state index contributed by atoms with van der Waals surface area (Å²) in [6.45, 7) is 16.0. The summed E-state index contributed by atoms with van der Waals surface area (Å²) >= 11 is 0. The topological polar surface area (TPSA) is 189 Å². The molecule has 0 unspecified atom stereocenters. The molecule has 4 heterocycles. The van der Waals surface area contributed by atoms with Gasteiger partial charge in [0.2, 0.25) is 0 Å². The van der Waals surface area contributed by atoms with Crippen LogP contribution in [-0.2, 0) is 73.6 Å². The predicted molar refractivity (Wildman–Crippen MR) is 181 cm³/mol. The number of carboxylic acids is 2. The van der Waals surface area contributed by atoms with Crippen molar-refractivity contribution in [1.82, 2.24) is 29.1 Å². The van der Waals surface area contributed by atoms with Crippen LogP contribution in [0.1, 0.15) is 86.3 Å². The van der Waals surface area contributed by atoms with E-state index in [2.05, 4.69) is 32.2 Å². The number of nitrogens with one attached hydrogen (secondary N) is 2. The number of carboxylic acid groups (broad SMARTS) is 2. The fraction of sp³-hybridized carbons (Fsp3) is 0.448. The molecule has 12 nitrogen and oxygen atoms in total. The first-order chi connectivity index (χ1) is 19.5. The first-order valence-electron chi connectivity index (χ1n) is 13.2. The maximum absolute atomic E-state index is 11.1. The molecule has 0 aliphatic rings. The van der Waals surface area contributed by atoms with Gasteiger partial charge in [-0.2, -0.15) is 27.0 Å². The quantitative estimate of drug-likeness (QED) is 0.0852. The van der Waals surface area contributed by atoms with Crippen molar-refractivity contribution in [2.75, 3.05) is 0 Å². The molecule has 2 atom stereocenters. The molecule has 46 heavy (non-hydrogen) atoms. The molecule has 4 rings (SSSR count). The maximum atomic E-state index is 11.1. The Hall–Kier alpha value is -2.40. The molecule has 0 spiro atoms. The van der Waals surface area contributed by atoms with Gasteiger partial charge in [0.25, 0.3) is 0 Å². The second kappa shape index (κ2) is 47.0. The van der Waals surface area contributed by atoms with Crippen LogP contribution in [0.3, 0.4) is 0 Å². The molecule has 4 aromatic heterocycles. The molecular formula is C29H52Cu3N8O4S2+4. The zero-order valence-electron chi connectivity index (χ0n) is 26.6. The molecular weight excluding hydrogens is 779 g/mol. The molecule has 273 valence electrons. The average molecular weight is 832 g/mol. The summed E-state index contributed by atoms with van der Waals surface area (Å²) in [6.07, 6.45) is 14.5. The van der Waals surface area contributed by atoms with E-state index in [0.29, 0.717) is 12.8 Å². The van der Waals surface area contributed by atoms with E-state index in [4.69, 9.17) is 21.0 Å². The standard InChI is InChI=1S/2C10H10N3O2.4C2H6.CH4.3Cu.N2.2H2S/c2*14-10(15)9(13-5-4-11-7-13)6-8-2-1-3-12-8;4*1-2;;;;;1-2;;/h2-5,7,9,12H,6H2,(H,14,15);1-3,5,7,9,12H,6H2,(H,14,15);4*1-2H3;1H4;;;;;2*1H2/q2*-1;;;;;;3*+2;;;/t2*9-;;;;;;;;;;;/m00.........../s1. The normalized spacial score (nSPS) is 8.74. The van der Waals surface area contributed by atoms with Crippen LogP contribution in [0.15, 0.2) is 61.8 Å². The van der Waals surface area contributed by atoms with Crippen molar-refractivity contribution < 1.29 is 71.0 Å². The number of aliphatic carboxylic acids is 2. The van der Waals surface area contributed by atoms with Gasteiger partial charge in [-0.3, -0.25) is 9.59 Å². The van der Waals surface area contributed by atoms with Gasteiger partial charge in [0.15, 0.2) is 0 Å². The number of carbonyl (C=O) groups is 2. The van der Waals surface area contributed by atoms with Gasteiger partial charge in [0.1, 0.15) is 12.1 Å². The monoisotopic (exact) mass is 829 g/mol. The minimum absolute atomic E-state index is 0. The van der Waals surface area contributed by atoms with Crippen molar-refractivity contribution in [3.05, 3.63) is 85.5 Å². The van der Waals surface area contributed by atoms with Gasteiger partial charge in [-0.15, -0.1) is 18.1 Å². The predicted octanol–water partition coefficient (Wildman–Crippen LogP) is 6.75. The van der Waals surface area contributed by atoms with Crippen molar-refractivity contribution in [2.45, 2.75) is 87.7 Å². The molecule has 0 saturated heterocycles. The fourth-order valence-electron chi connectivity index (χ4n) is 2.85. The van der Waals surface area contributed by atoms with Gasteiger partial charge in [-0.05, 0) is 18.6 Å². The van der Waals surface area contributed by atoms with E-state index in [1.54, 1.807) is 35.4 Å². The van der Waals surface area contributed by atoms with Crippen molar-refractivity contribution in [1.29, 1.82) is 10.8 Å². The minimum atomic E-state index is -0.879. The van der Waals surface area contributed by atoms with Gasteiger partial charge in [-0.25, -0.2) is 17.1 Å². The van der Waals surface area contributed by atoms with Gasteiger partial charge in [0, 0.05) is 41.5 Å². The zero-order valence-corrected chi connectivity index (χ0v) is 31.5. The Morgan fingerprint density at radius 3 is 1.70 bits per heavy atom. The number of H-pyrrole nitrogens is 2. The van der Waals surface area contributed by atoms with Gasteiger partial charge in [-0.1, -0.05) is 75.3 Å². The Bertz CT molecular complexity index is 1000. The average Bonchev–Trinajstić information content (AvgIpc) is 3.84. The summed E-state index contributed by atoms with van der Waals surface area (Å²) in [5.41, 5.74) is 1.73. The third-order valence-corrected chi connectivity index (χ3v) is 4.37. The van der Waals surface area contributed by atoms with E-state index in [-0.39, 0.29) is 85.6 Å². The van der Waals surface area contributed by atoms with Crippen LogP contribution in [0.5, 0.6) is 0 Å². The number of aromatic amines is 2. The molecule has 0 aliphatic heterocycles. The number of rotatable bonds is 8. The summed E-state index contributed by atoms with van der Waals surface area (Å²) in [6, 6.07) is 7.03. The fourth-order valence-corrected chi connectivity index (χ4v) is 2.85. The Labute approximate surface area is 321 Å². The van der Waals surface area contributed by atoms with E-state index < -0.39 is 24.0 Å². The SMILES string of the molecule is C.CC.CC.CC.CC.N#N.O=C(O)[C@H](Cc1c[c-]c[nH]1)n1ccnc1.O=C(O)[C@H](Cc1ccc[nH]1)n1c[c-]nc1.S.S.[Cu+2].[Cu+2].[Cu+2]. The molecule has 0 bridgehead atoms. The van der Waals surface area contributed by atoms with E-state index in [0.717, 1.165) is 11.4 Å². The summed E-state index contributed by atoms with van der Waals surface area (Å²) in [5.74, 6) is -1.75. The van der Waals surface area contributed by atoms with E-state index in [1.165, 1.54) is 23.4 Å². The molecule has 17 heteroatoms. The van der Waals surface area contributed by atoms with Crippen LogP contribution < -0.4 is 0 Å². The minimum Gasteiger partial charge on any atom is -0.480 e. The van der Waals surface area contributed by atoms with E-state index in [9.17, 15) is 9.59 Å². The van der Waals surface area contributed by atoms with Crippen LogP contribution in [0, 0.1) is 23.0 Å². The Kier molecular flexibility index (Phi) is 67.5. The van der Waals surface area contributed by atoms with Crippen molar-refractivity contribution in [3.63, 3.8) is 0 Å². The summed E-state index contributed by atoms with van der Waals surface area (Å²) in [4.78, 5) is 35.6. The van der Waals surface area contributed by atoms with E-state index >= 15 is 0 Å². The first-order valence-corrected chi connectivity index (χ1v) is 13.2. The van der Waals surface area contributed by atoms with Gasteiger partial charge < -0.3 is 34.3 Å². The Balaban J connectivity index is -0.0000000606. The molecule has 0 aliphatic carbocycles. The Morgan fingerprint density at radius 1 is 0.848 bits per heavy atom. The van der Waals surface area contributed by atoms with Crippen LogP contribution in [0.4, 0.5) is 0 Å². The van der Waals surface area contributed by atoms with Crippen LogP contribution in [-0.4, -0.2) is 51.2 Å². The number of hydrogen-bond acceptors (Lipinski definition) is 6. The second-order valence-electron chi connectivity index (χ2n) is 6.40. The van der Waals surface area contributed by atoms with Gasteiger partial charge in [0.05, 0.1) is 6.33 Å². The van der Waals surface area contributed by atoms with Gasteiger partial charge >= 0.3 is 63.1 Å². The molecule has 4 N–H and O–H groups in total. The number of aromatic nitrogens is 6. The summed E-state index contributed by atoms with van der Waals surface area (Å²) in [5, 5.41) is 30.1. The number of nitrogens with zero attached hydrogens (tertiary/aromatic N) is 6. The molecule has 3 radical (unpaired) electrons. The third-order valence-electron chi connectivity index (χ3n) is 4.37. The molecule has 0 aromatic carbocycles. The van der Waals surface area contributed by atoms with Crippen molar-refractivity contribution in [3.8, 4) is 0 Å². The number of hydrogen-bond donors (Lipinski definition) is 4. The molecule has 4 aromatic rings. The van der Waals surface area contributed by atoms with E-state index in [1.807, 2.05) is 67.5 Å². The van der Waals surface area contributed by atoms with Crippen LogP contribution >= 0.6 is 27.0 Å². The molecule has 0 fully saturated rings. The van der Waals surface area contributed by atoms with Crippen LogP contribution in [0.2, 0.25) is 0 Å². The molecule has 0 amide bonds. The first kappa shape index (κ1) is 66.1. The summed E-state index contributed by atoms with van der Waals surface area (Å²) < 4.78 is 3.10. The maximum Gasteiger partial charge on any atom is 2.00 e. The second-order valence-corrected chi connectivity index (χ2v) is 6.40. The summed E-state index contributed by atoms with van der Waals surface area (Å²) in [7, 11) is 0. The molecule has 0 saturated carbocycles. The third kappa shape index (κ3) is 27.9. The Morgan fingerprint density at radius 2 is 1.35 bits per heavy atom. The largest absolute Gasteiger partial charge is 2.00 e. The van der Waals surface area contributed by atoms with Crippen LogP contribution in [0.25, 0.3) is 0 Å².